The topological polar surface area (TPSA) is 238 Å². The summed E-state index contributed by atoms with van der Waals surface area (Å²) in [7, 11) is 0. The van der Waals surface area contributed by atoms with Gasteiger partial charge in [-0.15, -0.1) is 0 Å². The molecule has 0 spiro atoms. The summed E-state index contributed by atoms with van der Waals surface area (Å²) >= 11 is 0. The van der Waals surface area contributed by atoms with E-state index in [1.165, 1.54) is 12.8 Å². The molecular weight excluding hydrogens is 801 g/mol. The minimum Gasteiger partial charge on any atom is -0.392 e. The standard InChI is InChI=1S/C45H76N6O11/c1-33(2)40(42(56)50-37(15-12-21-47-43(46)57)41(55)49-35-18-16-34(31-52)17-19-35)51-45(5,6)38(53)20-23-58-25-27-60-29-30-61-28-26-59-24-22-48-44(3,4)39(54)32-62-36-13-10-8-7-9-11-14-36/h10,13,16-19,33,36-37,40,48,51-52H,7-9,11-12,14-15,20-32H2,1-6H3,(H,49,55)(H,50,56)(H3,46,47,57)/b13-10-/t36?,37-,40-/m0/s1. The Bertz CT molecular complexity index is 1510. The maximum absolute atomic E-state index is 13.6. The van der Waals surface area contributed by atoms with Crippen molar-refractivity contribution in [1.82, 2.24) is 21.3 Å². The van der Waals surface area contributed by atoms with Crippen LogP contribution in [0.1, 0.15) is 98.5 Å². The number of carbonyl (C=O) groups is 5. The summed E-state index contributed by atoms with van der Waals surface area (Å²) in [5.74, 6) is -1.29. The van der Waals surface area contributed by atoms with Crippen LogP contribution in [0.25, 0.3) is 0 Å². The molecule has 1 aromatic rings. The van der Waals surface area contributed by atoms with Gasteiger partial charge in [0.2, 0.25) is 11.8 Å². The molecule has 0 heterocycles. The lowest BCUT2D eigenvalue weighted by Gasteiger charge is -2.33. The molecule has 62 heavy (non-hydrogen) atoms. The molecular formula is C45H76N6O11. The number of ether oxygens (including phenoxy) is 5. The van der Waals surface area contributed by atoms with Gasteiger partial charge < -0.3 is 55.8 Å². The lowest BCUT2D eigenvalue weighted by molar-refractivity contribution is -0.131. The number of urea groups is 1. The van der Waals surface area contributed by atoms with Crippen molar-refractivity contribution in [2.24, 2.45) is 11.7 Å². The number of aliphatic hydroxyl groups is 1. The van der Waals surface area contributed by atoms with Gasteiger partial charge >= 0.3 is 6.03 Å². The lowest BCUT2D eigenvalue weighted by atomic mass is 9.92. The normalized spacial score (nSPS) is 16.2. The van der Waals surface area contributed by atoms with E-state index in [4.69, 9.17) is 29.4 Å². The molecule has 2 rings (SSSR count). The Hall–Kier alpha value is -3.81. The van der Waals surface area contributed by atoms with Crippen LogP contribution < -0.4 is 32.3 Å². The quantitative estimate of drug-likeness (QED) is 0.0397. The minimum atomic E-state index is -1.09. The van der Waals surface area contributed by atoms with Crippen molar-refractivity contribution >= 4 is 35.1 Å². The molecule has 1 unspecified atom stereocenters. The summed E-state index contributed by atoms with van der Waals surface area (Å²) in [4.78, 5) is 64.1. The van der Waals surface area contributed by atoms with Gasteiger partial charge in [0.05, 0.1) is 82.7 Å². The zero-order valence-electron chi connectivity index (χ0n) is 38.0. The number of Topliss-reactive ketones (excluding diaryl/α,β-unsaturated/α-hetero) is 2. The first kappa shape index (κ1) is 54.3. The van der Waals surface area contributed by atoms with E-state index < -0.39 is 41.0 Å². The summed E-state index contributed by atoms with van der Waals surface area (Å²) in [6, 6.07) is 4.21. The second-order valence-electron chi connectivity index (χ2n) is 16.8. The third kappa shape index (κ3) is 23.0. The zero-order valence-corrected chi connectivity index (χ0v) is 38.0. The average molecular weight is 877 g/mol. The van der Waals surface area contributed by atoms with Crippen molar-refractivity contribution < 1.29 is 52.8 Å². The minimum absolute atomic E-state index is 0.00472. The molecule has 0 saturated heterocycles. The van der Waals surface area contributed by atoms with E-state index in [0.717, 1.165) is 19.3 Å². The largest absolute Gasteiger partial charge is 0.392 e. The monoisotopic (exact) mass is 877 g/mol. The van der Waals surface area contributed by atoms with Gasteiger partial charge in [-0.25, -0.2) is 4.79 Å². The number of primary amides is 1. The van der Waals surface area contributed by atoms with Gasteiger partial charge in [-0.2, -0.15) is 0 Å². The van der Waals surface area contributed by atoms with Crippen molar-refractivity contribution in [3.63, 3.8) is 0 Å². The summed E-state index contributed by atoms with van der Waals surface area (Å²) in [6.45, 7) is 14.3. The lowest BCUT2D eigenvalue weighted by Crippen LogP contribution is -2.60. The number of hydrogen-bond acceptors (Lipinski definition) is 13. The van der Waals surface area contributed by atoms with Gasteiger partial charge in [-0.1, -0.05) is 51.0 Å². The summed E-state index contributed by atoms with van der Waals surface area (Å²) in [6.07, 6.45) is 10.5. The first-order valence-electron chi connectivity index (χ1n) is 22.1. The number of hydrogen-bond donors (Lipinski definition) is 7. The molecule has 1 aliphatic carbocycles. The fourth-order valence-corrected chi connectivity index (χ4v) is 6.38. The molecule has 0 fully saturated rings. The molecule has 0 saturated carbocycles. The number of rotatable bonds is 33. The number of benzene rings is 1. The van der Waals surface area contributed by atoms with E-state index in [-0.39, 0.29) is 62.8 Å². The van der Waals surface area contributed by atoms with Crippen LogP contribution in [-0.2, 0) is 49.5 Å². The smallest absolute Gasteiger partial charge is 0.312 e. The van der Waals surface area contributed by atoms with Gasteiger partial charge in [0, 0.05) is 25.2 Å². The Kier molecular flexibility index (Phi) is 26.6. The summed E-state index contributed by atoms with van der Waals surface area (Å²) in [5, 5.41) is 23.9. The predicted molar refractivity (Wildman–Crippen MR) is 238 cm³/mol. The molecule has 1 aliphatic rings. The average Bonchev–Trinajstić information content (AvgIpc) is 3.21. The highest BCUT2D eigenvalue weighted by atomic mass is 16.6. The van der Waals surface area contributed by atoms with E-state index in [0.29, 0.717) is 70.5 Å². The van der Waals surface area contributed by atoms with Gasteiger partial charge in [-0.05, 0) is 83.4 Å². The van der Waals surface area contributed by atoms with E-state index in [2.05, 4.69) is 38.7 Å². The highest BCUT2D eigenvalue weighted by Crippen LogP contribution is 2.17. The zero-order chi connectivity index (χ0) is 45.8. The van der Waals surface area contributed by atoms with Crippen LogP contribution in [0.2, 0.25) is 0 Å². The van der Waals surface area contributed by atoms with Gasteiger partial charge in [0.25, 0.3) is 0 Å². The molecule has 0 radical (unpaired) electrons. The van der Waals surface area contributed by atoms with Crippen molar-refractivity contribution in [1.29, 1.82) is 0 Å². The number of amides is 4. The number of carbonyl (C=O) groups excluding carboxylic acids is 5. The Morgan fingerprint density at radius 1 is 0.790 bits per heavy atom. The van der Waals surface area contributed by atoms with E-state index in [1.54, 1.807) is 38.1 Å². The Balaban J connectivity index is 1.62. The van der Waals surface area contributed by atoms with Crippen LogP contribution in [0, 0.1) is 5.92 Å². The van der Waals surface area contributed by atoms with Crippen molar-refractivity contribution in [3.8, 4) is 0 Å². The van der Waals surface area contributed by atoms with Crippen LogP contribution in [0.15, 0.2) is 36.4 Å². The van der Waals surface area contributed by atoms with Gasteiger partial charge in [-0.3, -0.25) is 24.5 Å². The fourth-order valence-electron chi connectivity index (χ4n) is 6.38. The molecule has 3 atom stereocenters. The number of aliphatic hydroxyl groups excluding tert-OH is 1. The van der Waals surface area contributed by atoms with E-state index in [1.807, 2.05) is 27.7 Å². The maximum atomic E-state index is 13.6. The molecule has 17 nitrogen and oxygen atoms in total. The molecule has 17 heteroatoms. The molecule has 1 aromatic carbocycles. The number of nitrogens with two attached hydrogens (primary N) is 1. The fraction of sp³-hybridized carbons (Fsp3) is 0.711. The number of allylic oxidation sites excluding steroid dienone is 1. The second kappa shape index (κ2) is 30.3. The number of anilines is 1. The number of nitrogens with one attached hydrogen (secondary N) is 5. The van der Waals surface area contributed by atoms with Crippen LogP contribution >= 0.6 is 0 Å². The highest BCUT2D eigenvalue weighted by Gasteiger charge is 2.35. The van der Waals surface area contributed by atoms with Gasteiger partial charge in [0.15, 0.2) is 11.6 Å². The molecule has 8 N–H and O–H groups in total. The highest BCUT2D eigenvalue weighted by molar-refractivity contribution is 5.98. The summed E-state index contributed by atoms with van der Waals surface area (Å²) < 4.78 is 28.3. The Labute approximate surface area is 368 Å². The predicted octanol–water partition coefficient (Wildman–Crippen LogP) is 3.31. The van der Waals surface area contributed by atoms with Crippen LogP contribution in [0.3, 0.4) is 0 Å². The second-order valence-corrected chi connectivity index (χ2v) is 16.8. The first-order valence-corrected chi connectivity index (χ1v) is 22.1. The molecule has 0 bridgehead atoms. The van der Waals surface area contributed by atoms with Crippen molar-refractivity contribution in [3.05, 3.63) is 42.0 Å². The van der Waals surface area contributed by atoms with E-state index >= 15 is 0 Å². The first-order chi connectivity index (χ1) is 29.6. The Morgan fingerprint density at radius 3 is 2.03 bits per heavy atom. The van der Waals surface area contributed by atoms with Crippen molar-refractivity contribution in [2.45, 2.75) is 129 Å². The van der Waals surface area contributed by atoms with Crippen LogP contribution in [-0.4, -0.2) is 136 Å². The third-order valence-corrected chi connectivity index (χ3v) is 10.4. The summed E-state index contributed by atoms with van der Waals surface area (Å²) in [5.41, 5.74) is 4.54. The molecule has 0 aliphatic heterocycles. The van der Waals surface area contributed by atoms with Crippen molar-refractivity contribution in [2.75, 3.05) is 77.9 Å². The number of ketones is 2. The molecule has 4 amide bonds. The van der Waals surface area contributed by atoms with Crippen LogP contribution in [0.5, 0.6) is 0 Å². The van der Waals surface area contributed by atoms with E-state index in [9.17, 15) is 29.1 Å². The molecule has 0 aromatic heterocycles. The van der Waals surface area contributed by atoms with Gasteiger partial charge in [0.1, 0.15) is 12.6 Å². The molecule has 352 valence electrons. The SMILES string of the molecule is CC(C)[C@H](NC(C)(C)C(=O)CCOCCOCCOCCOCCNC(C)(C)C(=O)COC1/C=C\CCCCC1)C(=O)N[C@@H](CCCNC(N)=O)C(=O)Nc1ccc(CO)cc1. The maximum Gasteiger partial charge on any atom is 0.312 e. The van der Waals surface area contributed by atoms with Crippen LogP contribution in [0.4, 0.5) is 10.5 Å². The Morgan fingerprint density at radius 2 is 1.42 bits per heavy atom. The third-order valence-electron chi connectivity index (χ3n) is 10.4.